The molecule has 0 saturated carbocycles. The number of nitrogens with one attached hydrogen (secondary N) is 2. The molecule has 0 spiro atoms. The Morgan fingerprint density at radius 3 is 2.31 bits per heavy atom. The first-order chi connectivity index (χ1) is 7.14. The van der Waals surface area contributed by atoms with E-state index < -0.39 is 10.0 Å². The number of benzene rings is 1. The maximum Gasteiger partial charge on any atom is 0.215 e. The van der Waals surface area contributed by atoms with Gasteiger partial charge in [-0.2, -0.15) is 0 Å². The number of sulfonamides is 1. The van der Waals surface area contributed by atoms with E-state index in [0.29, 0.717) is 13.1 Å². The highest BCUT2D eigenvalue weighted by Gasteiger charge is 2.09. The van der Waals surface area contributed by atoms with Crippen molar-refractivity contribution in [2.45, 2.75) is 5.75 Å². The molecule has 0 bridgehead atoms. The van der Waals surface area contributed by atoms with Crippen molar-refractivity contribution in [1.29, 1.82) is 0 Å². The van der Waals surface area contributed by atoms with Crippen molar-refractivity contribution in [2.24, 2.45) is 0 Å². The average Bonchev–Trinajstić information content (AvgIpc) is 2.18. The molecule has 92 valence electrons. The molecule has 6 heteroatoms. The minimum absolute atomic E-state index is 0. The van der Waals surface area contributed by atoms with E-state index in [1.807, 2.05) is 18.2 Å². The fraction of sp³-hybridized carbons (Fsp3) is 0.400. The summed E-state index contributed by atoms with van der Waals surface area (Å²) >= 11 is 0. The fourth-order valence-electron chi connectivity index (χ4n) is 1.18. The summed E-state index contributed by atoms with van der Waals surface area (Å²) in [5.74, 6) is 0.0392. The fourth-order valence-corrected chi connectivity index (χ4v) is 2.32. The van der Waals surface area contributed by atoms with Gasteiger partial charge in [-0.3, -0.25) is 0 Å². The van der Waals surface area contributed by atoms with Gasteiger partial charge in [-0.1, -0.05) is 30.3 Å². The van der Waals surface area contributed by atoms with Crippen LogP contribution >= 0.6 is 12.4 Å². The highest BCUT2D eigenvalue weighted by molar-refractivity contribution is 7.88. The predicted molar refractivity (Wildman–Crippen MR) is 68.2 cm³/mol. The van der Waals surface area contributed by atoms with Crippen LogP contribution in [0, 0.1) is 0 Å². The van der Waals surface area contributed by atoms with Crippen LogP contribution in [0.3, 0.4) is 0 Å². The van der Waals surface area contributed by atoms with Gasteiger partial charge in [0.1, 0.15) is 0 Å². The second-order valence-electron chi connectivity index (χ2n) is 3.24. The van der Waals surface area contributed by atoms with E-state index in [1.165, 1.54) is 0 Å². The van der Waals surface area contributed by atoms with Crippen LogP contribution in [-0.4, -0.2) is 28.6 Å². The normalized spacial score (nSPS) is 10.8. The van der Waals surface area contributed by atoms with E-state index in [2.05, 4.69) is 10.0 Å². The molecule has 16 heavy (non-hydrogen) atoms. The molecule has 4 nitrogen and oxygen atoms in total. The van der Waals surface area contributed by atoms with Gasteiger partial charge in [0.25, 0.3) is 0 Å². The Balaban J connectivity index is 0.00000225. The maximum atomic E-state index is 11.5. The van der Waals surface area contributed by atoms with Crippen molar-refractivity contribution < 1.29 is 8.42 Å². The lowest BCUT2D eigenvalue weighted by atomic mass is 10.2. The van der Waals surface area contributed by atoms with Gasteiger partial charge in [0.2, 0.25) is 10.0 Å². The van der Waals surface area contributed by atoms with E-state index in [-0.39, 0.29) is 18.2 Å². The molecular weight excluding hydrogens is 248 g/mol. The first-order valence-corrected chi connectivity index (χ1v) is 6.45. The molecule has 0 atom stereocenters. The lowest BCUT2D eigenvalue weighted by Crippen LogP contribution is -2.31. The van der Waals surface area contributed by atoms with Crippen LogP contribution in [0.5, 0.6) is 0 Å². The topological polar surface area (TPSA) is 58.2 Å². The largest absolute Gasteiger partial charge is 0.318 e. The summed E-state index contributed by atoms with van der Waals surface area (Å²) < 4.78 is 25.6. The zero-order valence-corrected chi connectivity index (χ0v) is 10.8. The van der Waals surface area contributed by atoms with E-state index in [1.54, 1.807) is 19.2 Å². The minimum atomic E-state index is -3.20. The highest BCUT2D eigenvalue weighted by atomic mass is 35.5. The molecule has 0 fully saturated rings. The Morgan fingerprint density at radius 2 is 1.75 bits per heavy atom. The van der Waals surface area contributed by atoms with Crippen LogP contribution in [0.1, 0.15) is 5.56 Å². The van der Waals surface area contributed by atoms with Crippen LogP contribution in [0.4, 0.5) is 0 Å². The molecule has 2 N–H and O–H groups in total. The molecule has 1 aromatic carbocycles. The van der Waals surface area contributed by atoms with Crippen molar-refractivity contribution in [3.8, 4) is 0 Å². The van der Waals surface area contributed by atoms with E-state index in [0.717, 1.165) is 5.56 Å². The monoisotopic (exact) mass is 264 g/mol. The quantitative estimate of drug-likeness (QED) is 0.746. The van der Waals surface area contributed by atoms with Gasteiger partial charge in [-0.25, -0.2) is 13.1 Å². The lowest BCUT2D eigenvalue weighted by Gasteiger charge is -2.06. The van der Waals surface area contributed by atoms with Gasteiger partial charge >= 0.3 is 0 Å². The Hall–Kier alpha value is -0.620. The van der Waals surface area contributed by atoms with Crippen LogP contribution < -0.4 is 10.0 Å². The Bertz CT molecular complexity index is 381. The molecule has 0 aliphatic heterocycles. The molecule has 0 amide bonds. The van der Waals surface area contributed by atoms with Gasteiger partial charge in [0, 0.05) is 13.1 Å². The molecule has 0 aliphatic rings. The van der Waals surface area contributed by atoms with E-state index in [9.17, 15) is 8.42 Å². The number of halogens is 1. The second kappa shape index (κ2) is 7.62. The molecule has 0 saturated heterocycles. The van der Waals surface area contributed by atoms with Crippen LogP contribution in [0.2, 0.25) is 0 Å². The maximum absolute atomic E-state index is 11.5. The molecule has 1 aromatic rings. The Labute approximate surface area is 103 Å². The molecule has 0 radical (unpaired) electrons. The third-order valence-corrected chi connectivity index (χ3v) is 3.25. The average molecular weight is 265 g/mol. The number of likely N-dealkylation sites (N-methyl/N-ethyl adjacent to an activating group) is 1. The van der Waals surface area contributed by atoms with E-state index in [4.69, 9.17) is 0 Å². The molecule has 0 aromatic heterocycles. The smallest absolute Gasteiger partial charge is 0.215 e. The summed E-state index contributed by atoms with van der Waals surface area (Å²) in [5.41, 5.74) is 0.800. The zero-order chi connectivity index (χ0) is 11.1. The van der Waals surface area contributed by atoms with Crippen molar-refractivity contribution in [1.82, 2.24) is 10.0 Å². The summed E-state index contributed by atoms with van der Waals surface area (Å²) in [7, 11) is -1.41. The molecule has 0 aliphatic carbocycles. The Kier molecular flexibility index (Phi) is 7.33. The van der Waals surface area contributed by atoms with Gasteiger partial charge in [0.15, 0.2) is 0 Å². The lowest BCUT2D eigenvalue weighted by molar-refractivity contribution is 0.578. The molecule has 0 heterocycles. The highest BCUT2D eigenvalue weighted by Crippen LogP contribution is 2.03. The molecule has 0 unspecified atom stereocenters. The standard InChI is InChI=1S/C10H16N2O2S.ClH/c1-11-7-8-12-15(13,14)9-10-5-3-2-4-6-10;/h2-6,11-12H,7-9H2,1H3;1H. The number of hydrogen-bond acceptors (Lipinski definition) is 3. The SMILES string of the molecule is CNCCNS(=O)(=O)Cc1ccccc1.Cl. The first-order valence-electron chi connectivity index (χ1n) is 4.80. The van der Waals surface area contributed by atoms with Gasteiger partial charge in [-0.05, 0) is 12.6 Å². The first kappa shape index (κ1) is 15.4. The third kappa shape index (κ3) is 6.07. The summed E-state index contributed by atoms with van der Waals surface area (Å²) in [6.07, 6.45) is 0. The Morgan fingerprint density at radius 1 is 1.12 bits per heavy atom. The second-order valence-corrected chi connectivity index (χ2v) is 5.05. The van der Waals surface area contributed by atoms with E-state index >= 15 is 0 Å². The van der Waals surface area contributed by atoms with Crippen LogP contribution in [0.25, 0.3) is 0 Å². The summed E-state index contributed by atoms with van der Waals surface area (Å²) in [6, 6.07) is 9.13. The predicted octanol–water partition coefficient (Wildman–Crippen LogP) is 0.747. The number of hydrogen-bond donors (Lipinski definition) is 2. The summed E-state index contributed by atoms with van der Waals surface area (Å²) in [4.78, 5) is 0. The van der Waals surface area contributed by atoms with Crippen molar-refractivity contribution in [3.63, 3.8) is 0 Å². The third-order valence-electron chi connectivity index (χ3n) is 1.90. The van der Waals surface area contributed by atoms with Gasteiger partial charge < -0.3 is 5.32 Å². The minimum Gasteiger partial charge on any atom is -0.318 e. The summed E-state index contributed by atoms with van der Waals surface area (Å²) in [5, 5.41) is 2.88. The van der Waals surface area contributed by atoms with Crippen LogP contribution in [0.15, 0.2) is 30.3 Å². The number of rotatable bonds is 6. The zero-order valence-electron chi connectivity index (χ0n) is 9.14. The summed E-state index contributed by atoms with van der Waals surface area (Å²) in [6.45, 7) is 1.06. The van der Waals surface area contributed by atoms with Gasteiger partial charge in [-0.15, -0.1) is 12.4 Å². The van der Waals surface area contributed by atoms with Crippen molar-refractivity contribution >= 4 is 22.4 Å². The molecule has 1 rings (SSSR count). The molecular formula is C10H17ClN2O2S. The van der Waals surface area contributed by atoms with Crippen molar-refractivity contribution in [3.05, 3.63) is 35.9 Å². The van der Waals surface area contributed by atoms with Crippen molar-refractivity contribution in [2.75, 3.05) is 20.1 Å². The van der Waals surface area contributed by atoms with Crippen LogP contribution in [-0.2, 0) is 15.8 Å². The van der Waals surface area contributed by atoms with Gasteiger partial charge in [0.05, 0.1) is 5.75 Å².